The van der Waals surface area contributed by atoms with Crippen LogP contribution in [-0.4, -0.2) is 18.0 Å². The van der Waals surface area contributed by atoms with Crippen LogP contribution in [0.3, 0.4) is 0 Å². The topological polar surface area (TPSA) is 64.9 Å². The van der Waals surface area contributed by atoms with Gasteiger partial charge in [-0.15, -0.1) is 0 Å². The van der Waals surface area contributed by atoms with Crippen LogP contribution in [0.1, 0.15) is 19.8 Å². The Morgan fingerprint density at radius 2 is 2.11 bits per heavy atom. The Morgan fingerprint density at radius 3 is 2.67 bits per heavy atom. The number of anilines is 1. The molecule has 4 heteroatoms. The zero-order valence-electron chi connectivity index (χ0n) is 10.4. The molecular formula is C14H17N3O. The molecule has 1 saturated carbocycles. The summed E-state index contributed by atoms with van der Waals surface area (Å²) in [6.07, 6.45) is 2.05. The van der Waals surface area contributed by atoms with Crippen LogP contribution in [0.2, 0.25) is 0 Å². The van der Waals surface area contributed by atoms with E-state index in [1.54, 1.807) is 6.92 Å². The Morgan fingerprint density at radius 1 is 1.44 bits per heavy atom. The van der Waals surface area contributed by atoms with Crippen molar-refractivity contribution in [1.82, 2.24) is 5.32 Å². The number of carbonyl (C=O) groups is 1. The van der Waals surface area contributed by atoms with Crippen molar-refractivity contribution in [2.45, 2.75) is 25.3 Å². The van der Waals surface area contributed by atoms with Gasteiger partial charge in [-0.05, 0) is 37.8 Å². The van der Waals surface area contributed by atoms with Crippen LogP contribution in [0.25, 0.3) is 0 Å². The summed E-state index contributed by atoms with van der Waals surface area (Å²) in [5, 5.41) is 15.0. The van der Waals surface area contributed by atoms with E-state index in [-0.39, 0.29) is 12.5 Å². The maximum absolute atomic E-state index is 11.8. The molecular weight excluding hydrogens is 226 g/mol. The highest BCUT2D eigenvalue weighted by Crippen LogP contribution is 2.39. The lowest BCUT2D eigenvalue weighted by Crippen LogP contribution is -2.48. The monoisotopic (exact) mass is 243 g/mol. The third kappa shape index (κ3) is 3.01. The zero-order valence-corrected chi connectivity index (χ0v) is 10.4. The quantitative estimate of drug-likeness (QED) is 0.830. The number of carbonyl (C=O) groups excluding carboxylic acids is 1. The molecule has 1 unspecified atom stereocenters. The number of nitrogens with zero attached hydrogens (tertiary/aromatic N) is 1. The number of nitriles is 1. The SMILES string of the molecule is CC(C#N)(NC(=O)CNc1ccccc1)C1CC1. The molecule has 1 amide bonds. The average molecular weight is 243 g/mol. The van der Waals surface area contributed by atoms with Crippen molar-refractivity contribution in [1.29, 1.82) is 5.26 Å². The second-order valence-corrected chi connectivity index (χ2v) is 4.86. The van der Waals surface area contributed by atoms with Crippen LogP contribution in [0.15, 0.2) is 30.3 Å². The molecule has 0 saturated heterocycles. The van der Waals surface area contributed by atoms with Crippen LogP contribution in [-0.2, 0) is 4.79 Å². The fourth-order valence-corrected chi connectivity index (χ4v) is 1.95. The van der Waals surface area contributed by atoms with Crippen molar-refractivity contribution in [3.63, 3.8) is 0 Å². The van der Waals surface area contributed by atoms with Gasteiger partial charge in [-0.3, -0.25) is 4.79 Å². The summed E-state index contributed by atoms with van der Waals surface area (Å²) in [6.45, 7) is 1.99. The van der Waals surface area contributed by atoms with Gasteiger partial charge in [0.1, 0.15) is 5.54 Å². The molecule has 0 bridgehead atoms. The predicted octanol–water partition coefficient (Wildman–Crippen LogP) is 1.91. The molecule has 1 fully saturated rings. The molecule has 0 aliphatic heterocycles. The summed E-state index contributed by atoms with van der Waals surface area (Å²) in [4.78, 5) is 11.8. The molecule has 1 aliphatic rings. The van der Waals surface area contributed by atoms with E-state index >= 15 is 0 Å². The van der Waals surface area contributed by atoms with Crippen LogP contribution in [0.5, 0.6) is 0 Å². The van der Waals surface area contributed by atoms with Gasteiger partial charge in [0.25, 0.3) is 0 Å². The predicted molar refractivity (Wildman–Crippen MR) is 69.8 cm³/mol. The van der Waals surface area contributed by atoms with Crippen molar-refractivity contribution < 1.29 is 4.79 Å². The number of hydrogen-bond donors (Lipinski definition) is 2. The highest BCUT2D eigenvalue weighted by atomic mass is 16.2. The standard InChI is InChI=1S/C14H17N3O/c1-14(10-15,11-7-8-11)17-13(18)9-16-12-5-3-2-4-6-12/h2-6,11,16H,7-9H2,1H3,(H,17,18). The first-order valence-corrected chi connectivity index (χ1v) is 6.15. The number of benzene rings is 1. The Kier molecular flexibility index (Phi) is 3.52. The molecule has 2 rings (SSSR count). The van der Waals surface area contributed by atoms with Crippen molar-refractivity contribution in [2.24, 2.45) is 5.92 Å². The summed E-state index contributed by atoms with van der Waals surface area (Å²) in [5.74, 6) is 0.165. The molecule has 94 valence electrons. The molecule has 1 aromatic rings. The second kappa shape index (κ2) is 5.09. The van der Waals surface area contributed by atoms with E-state index in [2.05, 4.69) is 16.7 Å². The van der Waals surface area contributed by atoms with E-state index in [9.17, 15) is 4.79 Å². The molecule has 1 aliphatic carbocycles. The third-order valence-corrected chi connectivity index (χ3v) is 3.25. The van der Waals surface area contributed by atoms with Crippen LogP contribution >= 0.6 is 0 Å². The van der Waals surface area contributed by atoms with Gasteiger partial charge < -0.3 is 10.6 Å². The molecule has 0 heterocycles. The average Bonchev–Trinajstić information content (AvgIpc) is 3.22. The number of hydrogen-bond acceptors (Lipinski definition) is 3. The lowest BCUT2D eigenvalue weighted by atomic mass is 9.98. The van der Waals surface area contributed by atoms with E-state index in [0.717, 1.165) is 18.5 Å². The molecule has 18 heavy (non-hydrogen) atoms. The van der Waals surface area contributed by atoms with Gasteiger partial charge in [-0.1, -0.05) is 18.2 Å². The molecule has 0 aromatic heterocycles. The number of rotatable bonds is 5. The first-order valence-electron chi connectivity index (χ1n) is 6.15. The Bertz CT molecular complexity index is 462. The lowest BCUT2D eigenvalue weighted by Gasteiger charge is -2.23. The maximum atomic E-state index is 11.8. The van der Waals surface area contributed by atoms with Gasteiger partial charge >= 0.3 is 0 Å². The van der Waals surface area contributed by atoms with Crippen molar-refractivity contribution in [3.05, 3.63) is 30.3 Å². The Labute approximate surface area is 107 Å². The molecule has 4 nitrogen and oxygen atoms in total. The molecule has 0 radical (unpaired) electrons. The van der Waals surface area contributed by atoms with Gasteiger partial charge in [0, 0.05) is 5.69 Å². The second-order valence-electron chi connectivity index (χ2n) is 4.86. The van der Waals surface area contributed by atoms with Gasteiger partial charge in [0.05, 0.1) is 12.6 Å². The number of nitrogens with one attached hydrogen (secondary N) is 2. The zero-order chi connectivity index (χ0) is 13.0. The van der Waals surface area contributed by atoms with Gasteiger partial charge in [0.2, 0.25) is 5.91 Å². The van der Waals surface area contributed by atoms with E-state index < -0.39 is 5.54 Å². The maximum Gasteiger partial charge on any atom is 0.240 e. The minimum absolute atomic E-state index is 0.144. The largest absolute Gasteiger partial charge is 0.376 e. The number of para-hydroxylation sites is 1. The van der Waals surface area contributed by atoms with Gasteiger partial charge in [-0.2, -0.15) is 5.26 Å². The van der Waals surface area contributed by atoms with E-state index in [0.29, 0.717) is 5.92 Å². The summed E-state index contributed by atoms with van der Waals surface area (Å²) in [7, 11) is 0. The Balaban J connectivity index is 1.84. The third-order valence-electron chi connectivity index (χ3n) is 3.25. The van der Waals surface area contributed by atoms with Crippen LogP contribution in [0, 0.1) is 17.2 Å². The Hall–Kier alpha value is -2.02. The van der Waals surface area contributed by atoms with Gasteiger partial charge in [-0.25, -0.2) is 0 Å². The summed E-state index contributed by atoms with van der Waals surface area (Å²) < 4.78 is 0. The fourth-order valence-electron chi connectivity index (χ4n) is 1.95. The van der Waals surface area contributed by atoms with E-state index in [4.69, 9.17) is 5.26 Å². The molecule has 1 atom stereocenters. The van der Waals surface area contributed by atoms with Crippen LogP contribution in [0.4, 0.5) is 5.69 Å². The lowest BCUT2D eigenvalue weighted by molar-refractivity contribution is -0.120. The minimum Gasteiger partial charge on any atom is -0.376 e. The van der Waals surface area contributed by atoms with Gasteiger partial charge in [0.15, 0.2) is 0 Å². The molecule has 0 spiro atoms. The highest BCUT2D eigenvalue weighted by molar-refractivity contribution is 5.81. The van der Waals surface area contributed by atoms with Crippen molar-refractivity contribution in [3.8, 4) is 6.07 Å². The summed E-state index contributed by atoms with van der Waals surface area (Å²) in [6, 6.07) is 11.7. The fraction of sp³-hybridized carbons (Fsp3) is 0.429. The highest BCUT2D eigenvalue weighted by Gasteiger charge is 2.42. The summed E-state index contributed by atoms with van der Waals surface area (Å²) >= 11 is 0. The first-order chi connectivity index (χ1) is 8.64. The smallest absolute Gasteiger partial charge is 0.240 e. The van der Waals surface area contributed by atoms with E-state index in [1.807, 2.05) is 30.3 Å². The first kappa shape index (κ1) is 12.4. The van der Waals surface area contributed by atoms with Crippen molar-refractivity contribution in [2.75, 3.05) is 11.9 Å². The van der Waals surface area contributed by atoms with E-state index in [1.165, 1.54) is 0 Å². The molecule has 2 N–H and O–H groups in total. The molecule has 1 aromatic carbocycles. The van der Waals surface area contributed by atoms with Crippen LogP contribution < -0.4 is 10.6 Å². The minimum atomic E-state index is -0.713. The van der Waals surface area contributed by atoms with Crippen molar-refractivity contribution >= 4 is 11.6 Å². The normalized spacial score (nSPS) is 17.3. The number of amides is 1. The summed E-state index contributed by atoms with van der Waals surface area (Å²) in [5.41, 5.74) is 0.188.